The van der Waals surface area contributed by atoms with Gasteiger partial charge in [-0.2, -0.15) is 18.2 Å². The van der Waals surface area contributed by atoms with Crippen LogP contribution in [0.15, 0.2) is 29.1 Å². The molecule has 0 aliphatic heterocycles. The Morgan fingerprint density at radius 3 is 2.21 bits per heavy atom. The zero-order valence-electron chi connectivity index (χ0n) is 19.9. The van der Waals surface area contributed by atoms with Crippen molar-refractivity contribution in [2.75, 3.05) is 11.5 Å². The first-order chi connectivity index (χ1) is 17.7. The number of amides is 1. The summed E-state index contributed by atoms with van der Waals surface area (Å²) in [5.41, 5.74) is 10.7. The molecule has 1 heterocycles. The number of halogens is 3. The van der Waals surface area contributed by atoms with Crippen LogP contribution in [0.2, 0.25) is 0 Å². The second kappa shape index (κ2) is 12.7. The number of aliphatic carboxylic acids is 2. The first kappa shape index (κ1) is 29.8. The highest BCUT2D eigenvalue weighted by Gasteiger charge is 2.42. The maximum Gasteiger partial charge on any atom is 0.450 e. The van der Waals surface area contributed by atoms with Crippen LogP contribution in [0.25, 0.3) is 0 Å². The van der Waals surface area contributed by atoms with Gasteiger partial charge in [0.2, 0.25) is 11.7 Å². The Hall–Kier alpha value is -4.43. The molecule has 2 rings (SSSR count). The SMILES string of the molecule is Nc1nc(N)c(CCCC(Cc2ccc(C(=O)N[C@@H](CCC(=O)O)C(=O)O)cc2)C(=O)C(F)(F)F)c(=O)[nH]1. The number of nitrogens with one attached hydrogen (secondary N) is 2. The minimum atomic E-state index is -5.09. The van der Waals surface area contributed by atoms with Crippen molar-refractivity contribution in [1.29, 1.82) is 0 Å². The molecule has 0 aliphatic rings. The molecular weight excluding hydrogens is 515 g/mol. The van der Waals surface area contributed by atoms with Gasteiger partial charge in [-0.25, -0.2) is 4.79 Å². The number of anilines is 2. The van der Waals surface area contributed by atoms with E-state index in [1.54, 1.807) is 0 Å². The Kier molecular flexibility index (Phi) is 9.95. The van der Waals surface area contributed by atoms with Crippen molar-refractivity contribution in [1.82, 2.24) is 15.3 Å². The number of ketones is 1. The van der Waals surface area contributed by atoms with E-state index in [-0.39, 0.29) is 55.0 Å². The van der Waals surface area contributed by atoms with Crippen molar-refractivity contribution < 1.29 is 42.6 Å². The van der Waals surface area contributed by atoms with Gasteiger partial charge in [0.25, 0.3) is 11.5 Å². The minimum absolute atomic E-state index is 0.0127. The number of hydrogen-bond acceptors (Lipinski definition) is 8. The van der Waals surface area contributed by atoms with Gasteiger partial charge in [-0.1, -0.05) is 12.1 Å². The summed E-state index contributed by atoms with van der Waals surface area (Å²) >= 11 is 0. The van der Waals surface area contributed by atoms with Crippen LogP contribution in [0.3, 0.4) is 0 Å². The van der Waals surface area contributed by atoms with Gasteiger partial charge in [0.05, 0.1) is 5.56 Å². The summed E-state index contributed by atoms with van der Waals surface area (Å²) in [6.07, 6.45) is -6.50. The fraction of sp³-hybridized carbons (Fsp3) is 0.391. The number of carboxylic acids is 2. The number of carbonyl (C=O) groups excluding carboxylic acids is 2. The number of carboxylic acid groups (broad SMARTS) is 2. The molecule has 1 amide bonds. The zero-order chi connectivity index (χ0) is 28.6. The van der Waals surface area contributed by atoms with Crippen molar-refractivity contribution in [3.05, 3.63) is 51.3 Å². The number of alkyl halides is 3. The van der Waals surface area contributed by atoms with Gasteiger partial charge in [-0.05, 0) is 49.8 Å². The topological polar surface area (TPSA) is 219 Å². The lowest BCUT2D eigenvalue weighted by molar-refractivity contribution is -0.175. The highest BCUT2D eigenvalue weighted by atomic mass is 19.4. The van der Waals surface area contributed by atoms with Crippen LogP contribution in [0.4, 0.5) is 24.9 Å². The Morgan fingerprint density at radius 1 is 1.05 bits per heavy atom. The number of nitrogen functional groups attached to an aromatic ring is 2. The lowest BCUT2D eigenvalue weighted by Gasteiger charge is -2.18. The number of nitrogens with zero attached hydrogens (tertiary/aromatic N) is 1. The lowest BCUT2D eigenvalue weighted by atomic mass is 9.89. The fourth-order valence-corrected chi connectivity index (χ4v) is 3.70. The summed E-state index contributed by atoms with van der Waals surface area (Å²) in [6, 6.07) is 3.69. The molecule has 2 atom stereocenters. The molecule has 1 aromatic heterocycles. The van der Waals surface area contributed by atoms with E-state index in [0.29, 0.717) is 5.56 Å². The predicted octanol–water partition coefficient (Wildman–Crippen LogP) is 1.30. The van der Waals surface area contributed by atoms with E-state index < -0.39 is 53.7 Å². The second-order valence-corrected chi connectivity index (χ2v) is 8.46. The predicted molar refractivity (Wildman–Crippen MR) is 127 cm³/mol. The maximum atomic E-state index is 13.2. The third-order valence-electron chi connectivity index (χ3n) is 5.64. The van der Waals surface area contributed by atoms with Gasteiger partial charge in [0, 0.05) is 17.9 Å². The number of rotatable bonds is 13. The van der Waals surface area contributed by atoms with E-state index in [1.807, 2.05) is 0 Å². The number of nitrogens with two attached hydrogens (primary N) is 2. The molecule has 12 nitrogen and oxygen atoms in total. The lowest BCUT2D eigenvalue weighted by Crippen LogP contribution is -2.41. The number of Topliss-reactive ketones (excluding diaryl/α,β-unsaturated/α-hetero) is 1. The number of H-pyrrole nitrogens is 1. The summed E-state index contributed by atoms with van der Waals surface area (Å²) in [4.78, 5) is 64.3. The number of carbonyl (C=O) groups is 4. The van der Waals surface area contributed by atoms with Crippen LogP contribution < -0.4 is 22.3 Å². The molecule has 1 aromatic carbocycles. The number of aromatic amines is 1. The van der Waals surface area contributed by atoms with Gasteiger partial charge in [-0.3, -0.25) is 24.2 Å². The number of hydrogen-bond donors (Lipinski definition) is 6. The van der Waals surface area contributed by atoms with Gasteiger partial charge < -0.3 is 27.0 Å². The molecule has 38 heavy (non-hydrogen) atoms. The molecule has 0 fully saturated rings. The van der Waals surface area contributed by atoms with Crippen LogP contribution in [0.1, 0.15) is 47.2 Å². The van der Waals surface area contributed by atoms with Crippen molar-refractivity contribution in [3.8, 4) is 0 Å². The summed E-state index contributed by atoms with van der Waals surface area (Å²) < 4.78 is 39.6. The molecule has 0 spiro atoms. The van der Waals surface area contributed by atoms with Crippen molar-refractivity contribution in [2.24, 2.45) is 5.92 Å². The summed E-state index contributed by atoms with van der Waals surface area (Å²) in [6.45, 7) is 0. The molecule has 1 unspecified atom stereocenters. The average Bonchev–Trinajstić information content (AvgIpc) is 2.81. The Balaban J connectivity index is 2.10. The molecule has 0 saturated carbocycles. The quantitative estimate of drug-likeness (QED) is 0.213. The first-order valence-corrected chi connectivity index (χ1v) is 11.3. The highest BCUT2D eigenvalue weighted by Crippen LogP contribution is 2.27. The largest absolute Gasteiger partial charge is 0.481 e. The highest BCUT2D eigenvalue weighted by molar-refractivity contribution is 5.96. The Bertz CT molecular complexity index is 1250. The molecule has 0 saturated heterocycles. The smallest absolute Gasteiger partial charge is 0.450 e. The zero-order valence-corrected chi connectivity index (χ0v) is 19.9. The molecule has 0 bridgehead atoms. The van der Waals surface area contributed by atoms with Gasteiger partial charge in [0.1, 0.15) is 11.9 Å². The summed E-state index contributed by atoms with van der Waals surface area (Å²) in [5.74, 6) is -7.29. The molecule has 206 valence electrons. The van der Waals surface area contributed by atoms with Crippen molar-refractivity contribution in [2.45, 2.75) is 50.7 Å². The van der Waals surface area contributed by atoms with E-state index in [0.717, 1.165) is 0 Å². The standard InChI is InChI=1S/C23H26F3N5O7/c24-23(25,26)17(34)13(2-1-3-14-18(27)30-22(28)31-20(14)36)10-11-4-6-12(7-5-11)19(35)29-15(21(37)38)8-9-16(32)33/h4-7,13,15H,1-3,8-10H2,(H,29,35)(H,32,33)(H,37,38)(H5,27,28,30,31,36)/t13?,15-/m0/s1. The fourth-order valence-electron chi connectivity index (χ4n) is 3.70. The Labute approximate surface area is 213 Å². The van der Waals surface area contributed by atoms with E-state index in [2.05, 4.69) is 15.3 Å². The number of aromatic nitrogens is 2. The van der Waals surface area contributed by atoms with E-state index in [4.69, 9.17) is 21.7 Å². The summed E-state index contributed by atoms with van der Waals surface area (Å²) in [7, 11) is 0. The average molecular weight is 541 g/mol. The Morgan fingerprint density at radius 2 is 1.68 bits per heavy atom. The van der Waals surface area contributed by atoms with Crippen LogP contribution in [0.5, 0.6) is 0 Å². The van der Waals surface area contributed by atoms with Gasteiger partial charge in [0.15, 0.2) is 0 Å². The van der Waals surface area contributed by atoms with E-state index in [1.165, 1.54) is 24.3 Å². The molecule has 0 radical (unpaired) electrons. The molecule has 0 aliphatic carbocycles. The van der Waals surface area contributed by atoms with E-state index >= 15 is 0 Å². The molecular formula is C23H26F3N5O7. The normalized spacial score (nSPS) is 12.9. The van der Waals surface area contributed by atoms with E-state index in [9.17, 15) is 37.1 Å². The van der Waals surface area contributed by atoms with Crippen molar-refractivity contribution >= 4 is 35.4 Å². The third-order valence-corrected chi connectivity index (χ3v) is 5.64. The summed E-state index contributed by atoms with van der Waals surface area (Å²) in [5, 5.41) is 20.1. The van der Waals surface area contributed by atoms with Gasteiger partial charge in [-0.15, -0.1) is 0 Å². The van der Waals surface area contributed by atoms with Crippen molar-refractivity contribution in [3.63, 3.8) is 0 Å². The monoisotopic (exact) mass is 541 g/mol. The molecule has 15 heteroatoms. The second-order valence-electron chi connectivity index (χ2n) is 8.46. The van der Waals surface area contributed by atoms with Crippen LogP contribution in [0, 0.1) is 5.92 Å². The van der Waals surface area contributed by atoms with Crippen LogP contribution in [-0.4, -0.2) is 56.0 Å². The molecule has 2 aromatic rings. The first-order valence-electron chi connectivity index (χ1n) is 11.3. The molecule has 8 N–H and O–H groups in total. The third kappa shape index (κ3) is 8.60. The number of benzene rings is 1. The van der Waals surface area contributed by atoms with Gasteiger partial charge >= 0.3 is 18.1 Å². The minimum Gasteiger partial charge on any atom is -0.481 e. The van der Waals surface area contributed by atoms with Crippen LogP contribution in [-0.2, 0) is 27.2 Å². The maximum absolute atomic E-state index is 13.2. The van der Waals surface area contributed by atoms with Crippen LogP contribution >= 0.6 is 0 Å².